The number of allylic oxidation sites excluding steroid dienone is 1. The molecule has 0 fully saturated rings. The Labute approximate surface area is 212 Å². The molecule has 2 rings (SSSR count). The molecule has 1 amide bonds. The maximum atomic E-state index is 12.0. The van der Waals surface area contributed by atoms with Gasteiger partial charge in [-0.3, -0.25) is 5.32 Å². The normalized spacial score (nSPS) is 17.9. The van der Waals surface area contributed by atoms with Crippen molar-refractivity contribution >= 4 is 6.09 Å². The Morgan fingerprint density at radius 3 is 2.48 bits per heavy atom. The van der Waals surface area contributed by atoms with E-state index in [0.29, 0.717) is 12.1 Å². The molecule has 6 heteroatoms. The van der Waals surface area contributed by atoms with Gasteiger partial charge in [0.15, 0.2) is 0 Å². The van der Waals surface area contributed by atoms with Crippen LogP contribution in [0.25, 0.3) is 5.43 Å². The molecule has 0 aliphatic carbocycles. The zero-order valence-corrected chi connectivity index (χ0v) is 22.1. The first-order valence-electron chi connectivity index (χ1n) is 10.3. The third-order valence-corrected chi connectivity index (χ3v) is 4.72. The summed E-state index contributed by atoms with van der Waals surface area (Å²) >= 11 is 0. The van der Waals surface area contributed by atoms with Crippen molar-refractivity contribution in [2.45, 2.75) is 58.2 Å². The molecule has 0 saturated carbocycles. The van der Waals surface area contributed by atoms with Crippen molar-refractivity contribution in [3.05, 3.63) is 90.1 Å². The van der Waals surface area contributed by atoms with Crippen LogP contribution in [-0.4, -0.2) is 29.3 Å². The summed E-state index contributed by atoms with van der Waals surface area (Å²) in [4.78, 5) is 12.0. The Morgan fingerprint density at radius 2 is 1.94 bits per heavy atom. The van der Waals surface area contributed by atoms with E-state index < -0.39 is 11.7 Å². The average Bonchev–Trinajstić information content (AvgIpc) is 2.66. The van der Waals surface area contributed by atoms with Crippen LogP contribution in [0.3, 0.4) is 0 Å². The number of hydrogen-bond donors (Lipinski definition) is 1. The summed E-state index contributed by atoms with van der Waals surface area (Å²) in [5.41, 5.74) is 8.47. The minimum absolute atomic E-state index is 0. The second-order valence-electron chi connectivity index (χ2n) is 8.51. The van der Waals surface area contributed by atoms with Crippen LogP contribution in [0, 0.1) is 0 Å². The van der Waals surface area contributed by atoms with E-state index in [2.05, 4.69) is 42.2 Å². The summed E-state index contributed by atoms with van der Waals surface area (Å²) in [5.74, 6) is 0. The number of nitrogens with zero attached hydrogens (tertiary/aromatic N) is 2. The van der Waals surface area contributed by atoms with E-state index in [1.54, 1.807) is 0 Å². The van der Waals surface area contributed by atoms with Crippen LogP contribution >= 0.6 is 0 Å². The molecule has 0 bridgehead atoms. The number of alkyl carbamates (subject to hydrolysis) is 1. The fraction of sp³-hybridized carbons (Fsp3) is 0.400. The predicted molar refractivity (Wildman–Crippen MR) is 124 cm³/mol. The molecule has 1 heterocycles. The Balaban J connectivity index is 0.00000480. The Bertz CT molecular complexity index is 812. The van der Waals surface area contributed by atoms with Crippen LogP contribution in [0.5, 0.6) is 0 Å². The molecule has 165 valence electrons. The molecule has 5 nitrogen and oxygen atoms in total. The summed E-state index contributed by atoms with van der Waals surface area (Å²) in [7, 11) is 0. The van der Waals surface area contributed by atoms with Crippen molar-refractivity contribution in [3.63, 3.8) is 0 Å². The van der Waals surface area contributed by atoms with Crippen molar-refractivity contribution in [2.75, 3.05) is 6.54 Å². The molecule has 0 saturated heterocycles. The fourth-order valence-corrected chi connectivity index (χ4v) is 3.57. The number of carbonyl (C=O) groups is 1. The molecule has 0 spiro atoms. The Kier molecular flexibility index (Phi) is 11.1. The number of benzene rings is 1. The summed E-state index contributed by atoms with van der Waals surface area (Å²) in [6.07, 6.45) is 4.72. The van der Waals surface area contributed by atoms with Crippen molar-refractivity contribution in [2.24, 2.45) is 0 Å². The number of hydrogen-bond acceptors (Lipinski definition) is 3. The fourth-order valence-electron chi connectivity index (χ4n) is 3.57. The number of rotatable bonds is 8. The number of ether oxygens (including phenoxy) is 1. The van der Waals surface area contributed by atoms with Gasteiger partial charge in [0.25, 0.3) is 0 Å². The van der Waals surface area contributed by atoms with Gasteiger partial charge in [-0.05, 0) is 56.9 Å². The van der Waals surface area contributed by atoms with Gasteiger partial charge >= 0.3 is 6.09 Å². The first-order chi connectivity index (χ1) is 14.1. The van der Waals surface area contributed by atoms with Gasteiger partial charge < -0.3 is 15.2 Å². The van der Waals surface area contributed by atoms with Gasteiger partial charge in [-0.2, -0.15) is 0 Å². The molecule has 2 atom stereocenters. The van der Waals surface area contributed by atoms with Crippen molar-refractivity contribution in [1.82, 2.24) is 10.3 Å². The van der Waals surface area contributed by atoms with Gasteiger partial charge in [0.2, 0.25) is 0 Å². The van der Waals surface area contributed by atoms with Gasteiger partial charge in [-0.25, -0.2) is 4.79 Å². The van der Waals surface area contributed by atoms with Crippen molar-refractivity contribution in [3.8, 4) is 0 Å². The maximum Gasteiger partial charge on any atom is 0.411 e. The van der Waals surface area contributed by atoms with Crippen LogP contribution in [0.1, 0.15) is 52.1 Å². The van der Waals surface area contributed by atoms with Crippen LogP contribution in [0.4, 0.5) is 4.79 Å². The Hall–Kier alpha value is -1.53. The number of nitrogens with one attached hydrogen (secondary N) is 1. The minimum Gasteiger partial charge on any atom is -0.591 e. The van der Waals surface area contributed by atoms with E-state index in [-0.39, 0.29) is 44.8 Å². The zero-order chi connectivity index (χ0) is 22.3. The van der Waals surface area contributed by atoms with Gasteiger partial charge in [0, 0.05) is 44.4 Å². The molecular formula is C25H34N3O2Y-. The summed E-state index contributed by atoms with van der Waals surface area (Å²) in [5, 5.41) is 4.83. The number of amides is 1. The quantitative estimate of drug-likeness (QED) is 0.465. The Morgan fingerprint density at radius 1 is 1.29 bits per heavy atom. The van der Waals surface area contributed by atoms with Crippen LogP contribution in [0.2, 0.25) is 0 Å². The van der Waals surface area contributed by atoms with Gasteiger partial charge in [-0.1, -0.05) is 69.1 Å². The van der Waals surface area contributed by atoms with E-state index in [9.17, 15) is 4.79 Å². The molecule has 0 aromatic heterocycles. The van der Waals surface area contributed by atoms with Crippen molar-refractivity contribution in [1.29, 1.82) is 0 Å². The molecule has 1 aromatic rings. The van der Waals surface area contributed by atoms with E-state index in [0.717, 1.165) is 24.1 Å². The van der Waals surface area contributed by atoms with Crippen LogP contribution in [-0.2, 0) is 37.4 Å². The van der Waals surface area contributed by atoms with E-state index in [1.165, 1.54) is 5.57 Å². The second kappa shape index (κ2) is 12.5. The molecule has 1 aromatic carbocycles. The average molecular weight is 497 g/mol. The molecular weight excluding hydrogens is 463 g/mol. The number of carbonyl (C=O) groups excluding carboxylic acids is 1. The summed E-state index contributed by atoms with van der Waals surface area (Å²) in [6, 6.07) is 10.2. The topological polar surface area (TPSA) is 55.7 Å². The second-order valence-corrected chi connectivity index (χ2v) is 8.51. The van der Waals surface area contributed by atoms with Crippen molar-refractivity contribution < 1.29 is 42.2 Å². The molecule has 1 N–H and O–H groups in total. The smallest absolute Gasteiger partial charge is 0.411 e. The van der Waals surface area contributed by atoms with Gasteiger partial charge in [0.05, 0.1) is 0 Å². The standard InChI is InChI=1S/C25H34N3O2.Y/c1-8-20-15-16-28(23(22(20)9-2)21-13-11-10-12-14-21)27-19(4)17-18(3)26-24(29)30-25(5,6)7;/h8-14,19,23H,1-3,15-17H2,4-7H3,(H,26,29);/q-1;/t19?,23-;/m0./s1. The monoisotopic (exact) mass is 497 g/mol. The SMILES string of the molecule is C=CC1=C(C=C)[C@H](c2ccccc2)N([N-]C(C)CC(=C)NC(=O)OC(C)(C)C)CC1.[Y]. The zero-order valence-electron chi connectivity index (χ0n) is 19.2. The van der Waals surface area contributed by atoms with Crippen LogP contribution < -0.4 is 5.32 Å². The summed E-state index contributed by atoms with van der Waals surface area (Å²) < 4.78 is 5.29. The molecule has 1 aliphatic heterocycles. The largest absolute Gasteiger partial charge is 0.591 e. The van der Waals surface area contributed by atoms with Crippen LogP contribution in [0.15, 0.2) is 79.1 Å². The first kappa shape index (κ1) is 27.5. The molecule has 1 aliphatic rings. The third kappa shape index (κ3) is 8.49. The van der Waals surface area contributed by atoms with E-state index >= 15 is 0 Å². The first-order valence-corrected chi connectivity index (χ1v) is 10.3. The predicted octanol–water partition coefficient (Wildman–Crippen LogP) is 6.21. The molecule has 31 heavy (non-hydrogen) atoms. The molecule has 1 radical (unpaired) electrons. The maximum absolute atomic E-state index is 12.0. The minimum atomic E-state index is -0.548. The van der Waals surface area contributed by atoms with Gasteiger partial charge in [-0.15, -0.1) is 6.04 Å². The van der Waals surface area contributed by atoms with E-state index in [1.807, 2.05) is 58.0 Å². The molecule has 1 unspecified atom stereocenters. The van der Waals surface area contributed by atoms with E-state index in [4.69, 9.17) is 10.2 Å². The summed E-state index contributed by atoms with van der Waals surface area (Å²) in [6.45, 7) is 20.3. The third-order valence-electron chi connectivity index (χ3n) is 4.72. The van der Waals surface area contributed by atoms with Gasteiger partial charge in [0.1, 0.15) is 5.60 Å².